The van der Waals surface area contributed by atoms with Crippen molar-refractivity contribution in [1.82, 2.24) is 5.43 Å². The Balaban J connectivity index is 2.28. The number of halogens is 3. The highest BCUT2D eigenvalue weighted by Gasteiger charge is 2.15. The summed E-state index contributed by atoms with van der Waals surface area (Å²) in [6.07, 6.45) is 0.596. The molecule has 0 aliphatic heterocycles. The van der Waals surface area contributed by atoms with E-state index in [1.807, 2.05) is 13.0 Å². The number of hydrazine groups is 1. The second-order valence-electron chi connectivity index (χ2n) is 4.66. The molecular formula is C15H15Cl2FN2. The second kappa shape index (κ2) is 6.55. The van der Waals surface area contributed by atoms with E-state index < -0.39 is 0 Å². The minimum Gasteiger partial charge on any atom is -0.271 e. The summed E-state index contributed by atoms with van der Waals surface area (Å²) in [4.78, 5) is 0. The Bertz CT molecular complexity index is 617. The van der Waals surface area contributed by atoms with E-state index in [4.69, 9.17) is 29.0 Å². The Morgan fingerprint density at radius 3 is 2.55 bits per heavy atom. The van der Waals surface area contributed by atoms with Crippen molar-refractivity contribution in [2.24, 2.45) is 5.84 Å². The average Bonchev–Trinajstić information content (AvgIpc) is 2.39. The standard InChI is InChI=1S/C15H15Cl2FN2/c1-9-6-12(18)4-5-13(9)15(20-19)7-10-2-3-11(16)8-14(10)17/h2-6,8,15,20H,7,19H2,1H3. The van der Waals surface area contributed by atoms with E-state index in [9.17, 15) is 4.39 Å². The summed E-state index contributed by atoms with van der Waals surface area (Å²) in [5.41, 5.74) is 5.48. The van der Waals surface area contributed by atoms with Gasteiger partial charge in [0.1, 0.15) is 5.82 Å². The first-order valence-corrected chi connectivity index (χ1v) is 6.93. The molecule has 106 valence electrons. The van der Waals surface area contributed by atoms with Crippen LogP contribution in [-0.4, -0.2) is 0 Å². The Hall–Kier alpha value is -1.13. The summed E-state index contributed by atoms with van der Waals surface area (Å²) >= 11 is 12.1. The molecule has 0 amide bonds. The zero-order chi connectivity index (χ0) is 14.7. The number of hydrogen-bond donors (Lipinski definition) is 2. The third-order valence-corrected chi connectivity index (χ3v) is 3.83. The molecule has 2 aromatic carbocycles. The van der Waals surface area contributed by atoms with Gasteiger partial charge in [0, 0.05) is 10.0 Å². The highest BCUT2D eigenvalue weighted by atomic mass is 35.5. The molecule has 20 heavy (non-hydrogen) atoms. The Labute approximate surface area is 127 Å². The minimum absolute atomic E-state index is 0.144. The van der Waals surface area contributed by atoms with Crippen molar-refractivity contribution in [2.45, 2.75) is 19.4 Å². The zero-order valence-electron chi connectivity index (χ0n) is 11.0. The fourth-order valence-corrected chi connectivity index (χ4v) is 2.68. The van der Waals surface area contributed by atoms with E-state index in [-0.39, 0.29) is 11.9 Å². The van der Waals surface area contributed by atoms with Crippen LogP contribution in [0.25, 0.3) is 0 Å². The molecule has 2 nitrogen and oxygen atoms in total. The lowest BCUT2D eigenvalue weighted by atomic mass is 9.96. The van der Waals surface area contributed by atoms with Crippen molar-refractivity contribution in [3.8, 4) is 0 Å². The Morgan fingerprint density at radius 2 is 1.95 bits per heavy atom. The number of aryl methyl sites for hydroxylation is 1. The summed E-state index contributed by atoms with van der Waals surface area (Å²) in [5.74, 6) is 5.37. The third kappa shape index (κ3) is 3.49. The highest BCUT2D eigenvalue weighted by molar-refractivity contribution is 6.35. The van der Waals surface area contributed by atoms with E-state index >= 15 is 0 Å². The van der Waals surface area contributed by atoms with Gasteiger partial charge in [-0.05, 0) is 54.3 Å². The fraction of sp³-hybridized carbons (Fsp3) is 0.200. The normalized spacial score (nSPS) is 12.4. The van der Waals surface area contributed by atoms with Crippen molar-refractivity contribution in [2.75, 3.05) is 0 Å². The lowest BCUT2D eigenvalue weighted by Crippen LogP contribution is -2.30. The van der Waals surface area contributed by atoms with Gasteiger partial charge in [-0.2, -0.15) is 0 Å². The molecule has 2 aromatic rings. The van der Waals surface area contributed by atoms with Crippen molar-refractivity contribution >= 4 is 23.2 Å². The Morgan fingerprint density at radius 1 is 1.20 bits per heavy atom. The maximum Gasteiger partial charge on any atom is 0.123 e. The van der Waals surface area contributed by atoms with Gasteiger partial charge < -0.3 is 0 Å². The van der Waals surface area contributed by atoms with Gasteiger partial charge in [0.25, 0.3) is 0 Å². The first-order valence-electron chi connectivity index (χ1n) is 6.17. The lowest BCUT2D eigenvalue weighted by molar-refractivity contribution is 0.546. The van der Waals surface area contributed by atoms with Crippen molar-refractivity contribution in [3.63, 3.8) is 0 Å². The van der Waals surface area contributed by atoms with E-state index in [1.54, 1.807) is 18.2 Å². The topological polar surface area (TPSA) is 38.0 Å². The van der Waals surface area contributed by atoms with Crippen LogP contribution >= 0.6 is 23.2 Å². The molecule has 0 saturated carbocycles. The van der Waals surface area contributed by atoms with Gasteiger partial charge in [0.05, 0.1) is 6.04 Å². The van der Waals surface area contributed by atoms with Crippen LogP contribution in [0.1, 0.15) is 22.7 Å². The van der Waals surface area contributed by atoms with Gasteiger partial charge in [0.2, 0.25) is 0 Å². The third-order valence-electron chi connectivity index (χ3n) is 3.25. The molecule has 0 bridgehead atoms. The van der Waals surface area contributed by atoms with E-state index in [0.29, 0.717) is 16.5 Å². The molecule has 3 N–H and O–H groups in total. The summed E-state index contributed by atoms with van der Waals surface area (Å²) in [6, 6.07) is 9.86. The van der Waals surface area contributed by atoms with E-state index in [0.717, 1.165) is 16.7 Å². The summed E-state index contributed by atoms with van der Waals surface area (Å²) < 4.78 is 13.2. The van der Waals surface area contributed by atoms with Gasteiger partial charge >= 0.3 is 0 Å². The molecule has 1 unspecified atom stereocenters. The smallest absolute Gasteiger partial charge is 0.123 e. The van der Waals surface area contributed by atoms with Gasteiger partial charge in [-0.3, -0.25) is 11.3 Å². The van der Waals surface area contributed by atoms with Crippen molar-refractivity contribution in [3.05, 3.63) is 69.0 Å². The molecule has 0 saturated heterocycles. The molecule has 0 aromatic heterocycles. The minimum atomic E-state index is -0.258. The van der Waals surface area contributed by atoms with Crippen LogP contribution in [-0.2, 0) is 6.42 Å². The number of nitrogens with two attached hydrogens (primary N) is 1. The van der Waals surface area contributed by atoms with Crippen LogP contribution in [0.15, 0.2) is 36.4 Å². The molecular weight excluding hydrogens is 298 g/mol. The van der Waals surface area contributed by atoms with Crippen LogP contribution in [0.3, 0.4) is 0 Å². The quantitative estimate of drug-likeness (QED) is 0.656. The van der Waals surface area contributed by atoms with Crippen molar-refractivity contribution < 1.29 is 4.39 Å². The van der Waals surface area contributed by atoms with Gasteiger partial charge in [-0.25, -0.2) is 4.39 Å². The van der Waals surface area contributed by atoms with Gasteiger partial charge in [-0.1, -0.05) is 35.3 Å². The lowest BCUT2D eigenvalue weighted by Gasteiger charge is -2.19. The second-order valence-corrected chi connectivity index (χ2v) is 5.50. The summed E-state index contributed by atoms with van der Waals surface area (Å²) in [5, 5.41) is 1.19. The predicted molar refractivity (Wildman–Crippen MR) is 81.4 cm³/mol. The summed E-state index contributed by atoms with van der Waals surface area (Å²) in [6.45, 7) is 1.85. The van der Waals surface area contributed by atoms with E-state index in [1.165, 1.54) is 12.1 Å². The number of nitrogens with one attached hydrogen (secondary N) is 1. The average molecular weight is 313 g/mol. The highest BCUT2D eigenvalue weighted by Crippen LogP contribution is 2.27. The maximum absolute atomic E-state index is 13.2. The number of rotatable bonds is 4. The molecule has 0 aliphatic rings. The van der Waals surface area contributed by atoms with E-state index in [2.05, 4.69) is 5.43 Å². The first kappa shape index (κ1) is 15.3. The summed E-state index contributed by atoms with van der Waals surface area (Å²) in [7, 11) is 0. The predicted octanol–water partition coefficient (Wildman–Crippen LogP) is 4.19. The zero-order valence-corrected chi connectivity index (χ0v) is 12.5. The van der Waals surface area contributed by atoms with Crippen LogP contribution < -0.4 is 11.3 Å². The molecule has 0 radical (unpaired) electrons. The largest absolute Gasteiger partial charge is 0.271 e. The molecule has 0 heterocycles. The van der Waals surface area contributed by atoms with Gasteiger partial charge in [-0.15, -0.1) is 0 Å². The number of hydrogen-bond acceptors (Lipinski definition) is 2. The van der Waals surface area contributed by atoms with Crippen LogP contribution in [0, 0.1) is 12.7 Å². The monoisotopic (exact) mass is 312 g/mol. The molecule has 1 atom stereocenters. The maximum atomic E-state index is 13.2. The van der Waals surface area contributed by atoms with Crippen molar-refractivity contribution in [1.29, 1.82) is 0 Å². The van der Waals surface area contributed by atoms with Crippen LogP contribution in [0.5, 0.6) is 0 Å². The van der Waals surface area contributed by atoms with Gasteiger partial charge in [0.15, 0.2) is 0 Å². The molecule has 5 heteroatoms. The molecule has 2 rings (SSSR count). The van der Waals surface area contributed by atoms with Crippen LogP contribution in [0.2, 0.25) is 10.0 Å². The first-order chi connectivity index (χ1) is 9.51. The SMILES string of the molecule is Cc1cc(F)ccc1C(Cc1ccc(Cl)cc1Cl)NN. The molecule has 0 aliphatic carbocycles. The molecule has 0 fully saturated rings. The fourth-order valence-electron chi connectivity index (χ4n) is 2.20. The Kier molecular flexibility index (Phi) is 5.00. The van der Waals surface area contributed by atoms with Crippen LogP contribution in [0.4, 0.5) is 4.39 Å². The molecule has 0 spiro atoms. The number of benzene rings is 2.